The second-order valence-corrected chi connectivity index (χ2v) is 4.20. The van der Waals surface area contributed by atoms with Crippen LogP contribution in [0.1, 0.15) is 5.69 Å². The van der Waals surface area contributed by atoms with Crippen LogP contribution in [0.3, 0.4) is 0 Å². The number of aromatic amines is 1. The number of halogens is 2. The third kappa shape index (κ3) is 3.19. The molecule has 0 saturated heterocycles. The molecule has 0 atom stereocenters. The van der Waals surface area contributed by atoms with Crippen LogP contribution in [0.25, 0.3) is 0 Å². The summed E-state index contributed by atoms with van der Waals surface area (Å²) >= 11 is 5.62. The summed E-state index contributed by atoms with van der Waals surface area (Å²) < 4.78 is 13.2. The first-order valence-corrected chi connectivity index (χ1v) is 5.80. The molecule has 0 spiro atoms. The van der Waals surface area contributed by atoms with Crippen molar-refractivity contribution in [3.63, 3.8) is 0 Å². The van der Waals surface area contributed by atoms with Crippen molar-refractivity contribution in [3.05, 3.63) is 51.3 Å². The minimum atomic E-state index is -0.813. The predicted molar refractivity (Wildman–Crippen MR) is 68.8 cm³/mol. The van der Waals surface area contributed by atoms with Crippen molar-refractivity contribution in [1.82, 2.24) is 9.97 Å². The molecule has 0 aliphatic rings. The second-order valence-electron chi connectivity index (χ2n) is 3.79. The fourth-order valence-electron chi connectivity index (χ4n) is 1.58. The molecular weight excluding hydrogens is 275 g/mol. The van der Waals surface area contributed by atoms with Crippen LogP contribution >= 0.6 is 11.6 Å². The summed E-state index contributed by atoms with van der Waals surface area (Å²) in [6, 6.07) is 2.02. The van der Waals surface area contributed by atoms with Gasteiger partial charge >= 0.3 is 0 Å². The third-order valence-electron chi connectivity index (χ3n) is 2.50. The quantitative estimate of drug-likeness (QED) is 0.653. The third-order valence-corrected chi connectivity index (χ3v) is 2.79. The van der Waals surface area contributed by atoms with Crippen molar-refractivity contribution in [1.29, 1.82) is 0 Å². The lowest BCUT2D eigenvalue weighted by atomic mass is 10.2. The van der Waals surface area contributed by atoms with Crippen LogP contribution in [0.4, 0.5) is 15.8 Å². The smallest absolute Gasteiger partial charge is 0.295 e. The van der Waals surface area contributed by atoms with Crippen LogP contribution < -0.4 is 5.32 Å². The number of rotatable bonds is 5. The van der Waals surface area contributed by atoms with Crippen molar-refractivity contribution in [2.75, 3.05) is 11.9 Å². The van der Waals surface area contributed by atoms with Gasteiger partial charge in [-0.3, -0.25) is 10.1 Å². The fourth-order valence-corrected chi connectivity index (χ4v) is 1.75. The Morgan fingerprint density at radius 2 is 2.32 bits per heavy atom. The number of nitrogens with one attached hydrogen (secondary N) is 2. The van der Waals surface area contributed by atoms with E-state index in [0.29, 0.717) is 13.0 Å². The maximum absolute atomic E-state index is 13.2. The number of aromatic nitrogens is 2. The summed E-state index contributed by atoms with van der Waals surface area (Å²) in [6.07, 6.45) is 3.81. The van der Waals surface area contributed by atoms with E-state index in [0.717, 1.165) is 11.8 Å². The highest BCUT2D eigenvalue weighted by atomic mass is 35.5. The van der Waals surface area contributed by atoms with Gasteiger partial charge in [0.25, 0.3) is 5.69 Å². The highest BCUT2D eigenvalue weighted by Crippen LogP contribution is 2.30. The van der Waals surface area contributed by atoms with E-state index in [1.54, 1.807) is 12.5 Å². The van der Waals surface area contributed by atoms with Gasteiger partial charge in [0.2, 0.25) is 0 Å². The predicted octanol–water partition coefficient (Wildman–Crippen LogP) is 2.76. The maximum Gasteiger partial charge on any atom is 0.295 e. The highest BCUT2D eigenvalue weighted by molar-refractivity contribution is 6.31. The van der Waals surface area contributed by atoms with Crippen molar-refractivity contribution in [2.45, 2.75) is 6.42 Å². The monoisotopic (exact) mass is 284 g/mol. The Kier molecular flexibility index (Phi) is 3.96. The molecule has 0 fully saturated rings. The normalized spacial score (nSPS) is 10.4. The van der Waals surface area contributed by atoms with Crippen LogP contribution in [0.15, 0.2) is 24.7 Å². The molecule has 1 aromatic heterocycles. The van der Waals surface area contributed by atoms with Crippen LogP contribution in [0, 0.1) is 15.9 Å². The van der Waals surface area contributed by atoms with Gasteiger partial charge < -0.3 is 10.3 Å². The summed E-state index contributed by atoms with van der Waals surface area (Å²) in [6.45, 7) is 0.436. The van der Waals surface area contributed by atoms with E-state index in [2.05, 4.69) is 15.3 Å². The molecule has 6 nitrogen and oxygen atoms in total. The fraction of sp³-hybridized carbons (Fsp3) is 0.182. The molecule has 0 aliphatic heterocycles. The van der Waals surface area contributed by atoms with Gasteiger partial charge in [-0.15, -0.1) is 0 Å². The van der Waals surface area contributed by atoms with Crippen molar-refractivity contribution in [2.24, 2.45) is 0 Å². The number of benzene rings is 1. The Labute approximate surface area is 112 Å². The molecule has 19 heavy (non-hydrogen) atoms. The van der Waals surface area contributed by atoms with Gasteiger partial charge in [0.05, 0.1) is 22.3 Å². The minimum absolute atomic E-state index is 0.158. The van der Waals surface area contributed by atoms with Gasteiger partial charge in [-0.2, -0.15) is 0 Å². The number of nitro groups is 1. The first kappa shape index (κ1) is 13.3. The number of imidazole rings is 1. The summed E-state index contributed by atoms with van der Waals surface area (Å²) in [7, 11) is 0. The van der Waals surface area contributed by atoms with E-state index < -0.39 is 10.7 Å². The Bertz CT molecular complexity index is 589. The number of H-pyrrole nitrogens is 1. The molecule has 2 aromatic rings. The average molecular weight is 285 g/mol. The molecule has 1 aromatic carbocycles. The van der Waals surface area contributed by atoms with Crippen LogP contribution in [0.5, 0.6) is 0 Å². The van der Waals surface area contributed by atoms with Gasteiger partial charge in [0, 0.05) is 24.9 Å². The first-order valence-electron chi connectivity index (χ1n) is 5.42. The number of anilines is 1. The van der Waals surface area contributed by atoms with Gasteiger partial charge in [-0.05, 0) is 6.07 Å². The molecule has 0 aliphatic carbocycles. The number of hydrogen-bond acceptors (Lipinski definition) is 4. The standard InChI is InChI=1S/C11H10ClFN4O2/c12-8-3-10(11(17(18)19)4-9(8)13)15-2-1-7-5-14-6-16-7/h3-6,15H,1-2H2,(H,14,16). The zero-order valence-electron chi connectivity index (χ0n) is 9.69. The molecule has 0 amide bonds. The van der Waals surface area contributed by atoms with E-state index in [-0.39, 0.29) is 16.4 Å². The Hall–Kier alpha value is -2.15. The molecule has 2 N–H and O–H groups in total. The molecule has 0 bridgehead atoms. The van der Waals surface area contributed by atoms with Gasteiger partial charge in [0.1, 0.15) is 11.5 Å². The van der Waals surface area contributed by atoms with Crippen molar-refractivity contribution >= 4 is 23.0 Å². The minimum Gasteiger partial charge on any atom is -0.379 e. The highest BCUT2D eigenvalue weighted by Gasteiger charge is 2.17. The second kappa shape index (κ2) is 5.66. The molecule has 0 radical (unpaired) electrons. The van der Waals surface area contributed by atoms with Crippen molar-refractivity contribution < 1.29 is 9.31 Å². The van der Waals surface area contributed by atoms with Crippen LogP contribution in [0.2, 0.25) is 5.02 Å². The number of nitrogens with zero attached hydrogens (tertiary/aromatic N) is 2. The zero-order valence-corrected chi connectivity index (χ0v) is 10.4. The van der Waals surface area contributed by atoms with E-state index >= 15 is 0 Å². The van der Waals surface area contributed by atoms with Gasteiger partial charge in [0.15, 0.2) is 0 Å². The van der Waals surface area contributed by atoms with Gasteiger partial charge in [-0.25, -0.2) is 9.37 Å². The number of hydrogen-bond donors (Lipinski definition) is 2. The van der Waals surface area contributed by atoms with E-state index in [9.17, 15) is 14.5 Å². The van der Waals surface area contributed by atoms with Crippen molar-refractivity contribution in [3.8, 4) is 0 Å². The Morgan fingerprint density at radius 3 is 2.95 bits per heavy atom. The zero-order chi connectivity index (χ0) is 13.8. The number of nitro benzene ring substituents is 1. The average Bonchev–Trinajstić information content (AvgIpc) is 2.86. The molecule has 8 heteroatoms. The lowest BCUT2D eigenvalue weighted by Crippen LogP contribution is -2.07. The largest absolute Gasteiger partial charge is 0.379 e. The Morgan fingerprint density at radius 1 is 1.53 bits per heavy atom. The lowest BCUT2D eigenvalue weighted by molar-refractivity contribution is -0.384. The van der Waals surface area contributed by atoms with Gasteiger partial charge in [-0.1, -0.05) is 11.6 Å². The maximum atomic E-state index is 13.2. The molecule has 1 heterocycles. The molecule has 100 valence electrons. The van der Waals surface area contributed by atoms with E-state index in [1.165, 1.54) is 6.07 Å². The first-order chi connectivity index (χ1) is 9.08. The summed E-state index contributed by atoms with van der Waals surface area (Å²) in [4.78, 5) is 16.9. The summed E-state index contributed by atoms with van der Waals surface area (Å²) in [5.74, 6) is -0.813. The molecule has 0 saturated carbocycles. The van der Waals surface area contributed by atoms with E-state index in [4.69, 9.17) is 11.6 Å². The summed E-state index contributed by atoms with van der Waals surface area (Å²) in [5, 5.41) is 13.5. The SMILES string of the molecule is O=[N+]([O-])c1cc(F)c(Cl)cc1NCCc1cnc[nH]1. The topological polar surface area (TPSA) is 83.8 Å². The summed E-state index contributed by atoms with van der Waals surface area (Å²) in [5.41, 5.74) is 0.741. The molecule has 0 unspecified atom stereocenters. The molecular formula is C11H10ClFN4O2. The van der Waals surface area contributed by atoms with E-state index in [1.807, 2.05) is 0 Å². The lowest BCUT2D eigenvalue weighted by Gasteiger charge is -2.07. The van der Waals surface area contributed by atoms with Crippen LogP contribution in [-0.4, -0.2) is 21.4 Å². The van der Waals surface area contributed by atoms with Crippen LogP contribution in [-0.2, 0) is 6.42 Å². The molecule has 2 rings (SSSR count). The Balaban J connectivity index is 2.10.